The summed E-state index contributed by atoms with van der Waals surface area (Å²) >= 11 is 4.48. The molecule has 0 unspecified atom stereocenters. The summed E-state index contributed by atoms with van der Waals surface area (Å²) < 4.78 is 1.21. The number of hydrogen-bond donors (Lipinski definition) is 0. The number of hydrogen-bond acceptors (Lipinski definition) is 1. The molecule has 0 aliphatic carbocycles. The van der Waals surface area contributed by atoms with Gasteiger partial charge in [0.2, 0.25) is 0 Å². The van der Waals surface area contributed by atoms with E-state index in [0.29, 0.717) is 0 Å². The molecule has 1 rings (SSSR count). The van der Waals surface area contributed by atoms with Gasteiger partial charge in [0, 0.05) is 0 Å². The summed E-state index contributed by atoms with van der Waals surface area (Å²) in [7, 11) is 0. The van der Waals surface area contributed by atoms with Crippen LogP contribution in [0.4, 0.5) is 0 Å². The summed E-state index contributed by atoms with van der Waals surface area (Å²) in [6, 6.07) is 4.14. The summed E-state index contributed by atoms with van der Waals surface area (Å²) in [5, 5.41) is 0.934. The number of rotatable bonds is 1. The van der Waals surface area contributed by atoms with Crippen molar-refractivity contribution < 1.29 is 0 Å². The molecular formula is C6H6BrNSn. The first kappa shape index (κ1) is 7.53. The third-order valence-electron chi connectivity index (χ3n) is 1.000. The molecule has 0 spiro atoms. The van der Waals surface area contributed by atoms with Crippen molar-refractivity contribution >= 4 is 42.2 Å². The van der Waals surface area contributed by atoms with Gasteiger partial charge in [-0.15, -0.1) is 0 Å². The van der Waals surface area contributed by atoms with Crippen LogP contribution in [0, 0.1) is 0 Å². The van der Waals surface area contributed by atoms with Crippen molar-refractivity contribution in [2.24, 2.45) is 0 Å². The summed E-state index contributed by atoms with van der Waals surface area (Å²) in [5.41, 5.74) is 1.31. The molecule has 0 N–H and O–H groups in total. The number of nitrogens with zero attached hydrogens (tertiary/aromatic N) is 1. The van der Waals surface area contributed by atoms with Gasteiger partial charge >= 0.3 is 76.4 Å². The molecule has 0 bridgehead atoms. The van der Waals surface area contributed by atoms with Gasteiger partial charge in [-0.2, -0.15) is 0 Å². The molecule has 0 aliphatic heterocycles. The minimum absolute atomic E-state index is 0.934. The Labute approximate surface area is 76.1 Å². The summed E-state index contributed by atoms with van der Waals surface area (Å²) in [4.78, 5) is 4.12. The Morgan fingerprint density at radius 2 is 2.44 bits per heavy atom. The van der Waals surface area contributed by atoms with Crippen LogP contribution in [-0.2, 0) is 5.33 Å². The van der Waals surface area contributed by atoms with E-state index in [9.17, 15) is 0 Å². The van der Waals surface area contributed by atoms with E-state index in [1.807, 2.05) is 12.3 Å². The molecule has 0 amide bonds. The van der Waals surface area contributed by atoms with Crippen LogP contribution in [0.1, 0.15) is 5.56 Å². The van der Waals surface area contributed by atoms with Crippen LogP contribution in [0.3, 0.4) is 0 Å². The van der Waals surface area contributed by atoms with Gasteiger partial charge in [-0.05, 0) is 0 Å². The standard InChI is InChI=1S/C6H5BrN.Sn.H/c7-5-6-1-3-8-4-2-6;;/h1-3H,5H2;;. The van der Waals surface area contributed by atoms with Crippen LogP contribution in [0.15, 0.2) is 18.3 Å². The Bertz CT molecular complexity index is 202. The molecule has 2 radical (unpaired) electrons. The van der Waals surface area contributed by atoms with E-state index in [4.69, 9.17) is 0 Å². The van der Waals surface area contributed by atoms with Gasteiger partial charge in [-0.1, -0.05) is 0 Å². The second kappa shape index (κ2) is 3.56. The predicted octanol–water partition coefficient (Wildman–Crippen LogP) is 0.503. The third kappa shape index (κ3) is 2.26. The van der Waals surface area contributed by atoms with Crippen molar-refractivity contribution in [1.82, 2.24) is 4.98 Å². The zero-order valence-corrected chi connectivity index (χ0v) is 9.72. The van der Waals surface area contributed by atoms with Crippen LogP contribution in [-0.4, -0.2) is 27.5 Å². The van der Waals surface area contributed by atoms with E-state index in [-0.39, 0.29) is 0 Å². The van der Waals surface area contributed by atoms with Gasteiger partial charge < -0.3 is 0 Å². The SMILES string of the molecule is BrCc1ccn[c]([SnH])c1. The Balaban J connectivity index is 2.94. The molecular weight excluding hydrogens is 285 g/mol. The fourth-order valence-electron chi connectivity index (χ4n) is 0.578. The molecule has 1 nitrogen and oxygen atoms in total. The van der Waals surface area contributed by atoms with Crippen LogP contribution < -0.4 is 3.71 Å². The molecule has 1 aromatic rings. The molecule has 46 valence electrons. The number of aromatic nitrogens is 1. The maximum atomic E-state index is 4.12. The van der Waals surface area contributed by atoms with Crippen molar-refractivity contribution in [2.45, 2.75) is 5.33 Å². The van der Waals surface area contributed by atoms with E-state index in [0.717, 1.165) is 27.9 Å². The van der Waals surface area contributed by atoms with Crippen molar-refractivity contribution in [3.05, 3.63) is 23.9 Å². The molecule has 1 heterocycles. The summed E-state index contributed by atoms with van der Waals surface area (Å²) in [6.07, 6.45) is 1.86. The average molecular weight is 291 g/mol. The Hall–Kier alpha value is 0.429. The van der Waals surface area contributed by atoms with E-state index < -0.39 is 0 Å². The van der Waals surface area contributed by atoms with Crippen molar-refractivity contribution in [1.29, 1.82) is 0 Å². The maximum absolute atomic E-state index is 4.12. The van der Waals surface area contributed by atoms with Gasteiger partial charge in [0.05, 0.1) is 0 Å². The quantitative estimate of drug-likeness (QED) is 0.542. The third-order valence-corrected chi connectivity index (χ3v) is 2.55. The van der Waals surface area contributed by atoms with Gasteiger partial charge in [0.15, 0.2) is 0 Å². The number of pyridine rings is 1. The minimum atomic E-state index is 0.934. The first-order chi connectivity index (χ1) is 4.33. The molecule has 0 fully saturated rings. The van der Waals surface area contributed by atoms with Gasteiger partial charge in [-0.25, -0.2) is 0 Å². The molecule has 0 saturated heterocycles. The monoisotopic (exact) mass is 291 g/mol. The first-order valence-corrected chi connectivity index (χ1v) is 5.36. The van der Waals surface area contributed by atoms with E-state index in [1.54, 1.807) is 0 Å². The molecule has 3 heteroatoms. The van der Waals surface area contributed by atoms with E-state index >= 15 is 0 Å². The molecule has 0 atom stereocenters. The van der Waals surface area contributed by atoms with Gasteiger partial charge in [0.1, 0.15) is 0 Å². The Morgan fingerprint density at radius 1 is 1.67 bits per heavy atom. The molecule has 1 aromatic heterocycles. The fourth-order valence-corrected chi connectivity index (χ4v) is 1.78. The van der Waals surface area contributed by atoms with Crippen molar-refractivity contribution in [2.75, 3.05) is 0 Å². The number of halogens is 1. The fraction of sp³-hybridized carbons (Fsp3) is 0.167. The second-order valence-corrected chi connectivity index (χ2v) is 3.97. The molecule has 9 heavy (non-hydrogen) atoms. The molecule has 0 aromatic carbocycles. The van der Waals surface area contributed by atoms with Crippen molar-refractivity contribution in [3.63, 3.8) is 0 Å². The average Bonchev–Trinajstić information content (AvgIpc) is 1.88. The zero-order chi connectivity index (χ0) is 6.69. The zero-order valence-electron chi connectivity index (χ0n) is 4.84. The van der Waals surface area contributed by atoms with Crippen LogP contribution in [0.25, 0.3) is 0 Å². The molecule has 0 aliphatic rings. The normalized spacial score (nSPS) is 9.56. The van der Waals surface area contributed by atoms with E-state index in [1.165, 1.54) is 9.27 Å². The Kier molecular flexibility index (Phi) is 2.98. The van der Waals surface area contributed by atoms with E-state index in [2.05, 4.69) is 27.0 Å². The van der Waals surface area contributed by atoms with Gasteiger partial charge in [-0.3, -0.25) is 0 Å². The molecule has 0 saturated carbocycles. The second-order valence-electron chi connectivity index (χ2n) is 1.72. The van der Waals surface area contributed by atoms with Crippen LogP contribution in [0.5, 0.6) is 0 Å². The topological polar surface area (TPSA) is 12.9 Å². The Morgan fingerprint density at radius 3 is 2.89 bits per heavy atom. The van der Waals surface area contributed by atoms with Crippen molar-refractivity contribution in [3.8, 4) is 0 Å². The van der Waals surface area contributed by atoms with Crippen LogP contribution in [0.2, 0.25) is 0 Å². The predicted molar refractivity (Wildman–Crippen MR) is 43.7 cm³/mol. The number of alkyl halides is 1. The summed E-state index contributed by atoms with van der Waals surface area (Å²) in [5.74, 6) is 0. The first-order valence-electron chi connectivity index (χ1n) is 2.59. The van der Waals surface area contributed by atoms with Crippen LogP contribution >= 0.6 is 15.9 Å². The van der Waals surface area contributed by atoms with Gasteiger partial charge in [0.25, 0.3) is 0 Å². The summed E-state index contributed by atoms with van der Waals surface area (Å²) in [6.45, 7) is 0.